The van der Waals surface area contributed by atoms with Gasteiger partial charge >= 0.3 is 0 Å². The third-order valence-corrected chi connectivity index (χ3v) is 3.99. The molecule has 0 spiro atoms. The normalized spacial score (nSPS) is 13.2. The third kappa shape index (κ3) is 3.55. The van der Waals surface area contributed by atoms with Gasteiger partial charge in [-0.05, 0) is 36.1 Å². The molecule has 0 unspecified atom stereocenters. The maximum atomic E-state index is 14.6. The van der Waals surface area contributed by atoms with Crippen molar-refractivity contribution in [2.75, 3.05) is 11.9 Å². The third-order valence-electron chi connectivity index (χ3n) is 3.99. The molecule has 0 saturated heterocycles. The number of benzene rings is 1. The number of amides is 1. The fourth-order valence-corrected chi connectivity index (χ4v) is 2.79. The Morgan fingerprint density at radius 2 is 2.17 bits per heavy atom. The second kappa shape index (κ2) is 7.68. The molecule has 1 aliphatic rings. The van der Waals surface area contributed by atoms with Gasteiger partial charge in [0.1, 0.15) is 12.1 Å². The highest BCUT2D eigenvalue weighted by molar-refractivity contribution is 6.05. The molecule has 24 heavy (non-hydrogen) atoms. The first-order valence-corrected chi connectivity index (χ1v) is 7.70. The van der Waals surface area contributed by atoms with Gasteiger partial charge < -0.3 is 10.6 Å². The van der Waals surface area contributed by atoms with Crippen molar-refractivity contribution in [3.8, 4) is 0 Å². The van der Waals surface area contributed by atoms with Crippen molar-refractivity contribution in [1.29, 1.82) is 0 Å². The summed E-state index contributed by atoms with van der Waals surface area (Å²) in [6, 6.07) is 3.46. The zero-order valence-electron chi connectivity index (χ0n) is 13.6. The van der Waals surface area contributed by atoms with E-state index >= 15 is 0 Å². The number of carbonyl (C=O) groups is 1. The van der Waals surface area contributed by atoms with Gasteiger partial charge in [-0.1, -0.05) is 19.9 Å². The molecule has 5 nitrogen and oxygen atoms in total. The molecule has 2 N–H and O–H groups in total. The fourth-order valence-electron chi connectivity index (χ4n) is 2.79. The number of hydrogen-bond acceptors (Lipinski definition) is 4. The minimum absolute atomic E-state index is 0. The smallest absolute Gasteiger partial charge is 0.259 e. The van der Waals surface area contributed by atoms with E-state index in [-0.39, 0.29) is 35.7 Å². The van der Waals surface area contributed by atoms with E-state index in [1.165, 1.54) is 12.5 Å². The van der Waals surface area contributed by atoms with Crippen LogP contribution in [0.15, 0.2) is 24.7 Å². The fraction of sp³-hybridized carbons (Fsp3) is 0.353. The van der Waals surface area contributed by atoms with Crippen LogP contribution in [-0.4, -0.2) is 22.4 Å². The molecule has 1 amide bonds. The van der Waals surface area contributed by atoms with Gasteiger partial charge in [0, 0.05) is 12.7 Å². The zero-order valence-corrected chi connectivity index (χ0v) is 14.4. The summed E-state index contributed by atoms with van der Waals surface area (Å²) < 4.78 is 14.6. The molecule has 1 aromatic carbocycles. The van der Waals surface area contributed by atoms with Crippen molar-refractivity contribution in [3.63, 3.8) is 0 Å². The summed E-state index contributed by atoms with van der Waals surface area (Å²) in [5.74, 6) is -0.652. The molecular formula is C17H20ClFN4O. The van der Waals surface area contributed by atoms with E-state index in [1.54, 1.807) is 6.07 Å². The van der Waals surface area contributed by atoms with Crippen molar-refractivity contribution in [2.45, 2.75) is 32.7 Å². The summed E-state index contributed by atoms with van der Waals surface area (Å²) in [6.45, 7) is 5.30. The lowest BCUT2D eigenvalue weighted by Crippen LogP contribution is -2.25. The van der Waals surface area contributed by atoms with Crippen molar-refractivity contribution in [2.24, 2.45) is 0 Å². The standard InChI is InChI=1S/C17H19FN4O.ClH/c1-10(2)16-13(8-20-9-21-16)17(23)22-14-4-3-11-7-19-6-5-12(11)15(14)18;/h3-4,8-10,19H,5-7H2,1-2H3,(H,22,23);1H. The number of carbonyl (C=O) groups excluding carboxylic acids is 1. The molecule has 128 valence electrons. The Balaban J connectivity index is 0.00000208. The van der Waals surface area contributed by atoms with Gasteiger partial charge in [-0.15, -0.1) is 12.4 Å². The van der Waals surface area contributed by atoms with E-state index in [1.807, 2.05) is 19.9 Å². The molecule has 0 atom stereocenters. The van der Waals surface area contributed by atoms with Crippen LogP contribution in [0.2, 0.25) is 0 Å². The Hall–Kier alpha value is -2.05. The van der Waals surface area contributed by atoms with Gasteiger partial charge in [-0.3, -0.25) is 4.79 Å². The predicted molar refractivity (Wildman–Crippen MR) is 93.1 cm³/mol. The monoisotopic (exact) mass is 350 g/mol. The quantitative estimate of drug-likeness (QED) is 0.892. The highest BCUT2D eigenvalue weighted by Gasteiger charge is 2.20. The molecule has 0 radical (unpaired) electrons. The van der Waals surface area contributed by atoms with Gasteiger partial charge in [-0.2, -0.15) is 0 Å². The number of nitrogens with one attached hydrogen (secondary N) is 2. The minimum atomic E-state index is -0.387. The zero-order chi connectivity index (χ0) is 16.4. The van der Waals surface area contributed by atoms with Gasteiger partial charge in [0.15, 0.2) is 0 Å². The minimum Gasteiger partial charge on any atom is -0.319 e. The van der Waals surface area contributed by atoms with Crippen LogP contribution >= 0.6 is 12.4 Å². The van der Waals surface area contributed by atoms with E-state index < -0.39 is 0 Å². The number of aromatic nitrogens is 2. The number of anilines is 1. The van der Waals surface area contributed by atoms with Crippen molar-refractivity contribution in [1.82, 2.24) is 15.3 Å². The lowest BCUT2D eigenvalue weighted by atomic mass is 9.99. The molecule has 1 aliphatic heterocycles. The van der Waals surface area contributed by atoms with Crippen molar-refractivity contribution in [3.05, 3.63) is 52.9 Å². The Morgan fingerprint density at radius 3 is 2.92 bits per heavy atom. The number of rotatable bonds is 3. The summed E-state index contributed by atoms with van der Waals surface area (Å²) in [4.78, 5) is 20.6. The van der Waals surface area contributed by atoms with Crippen LogP contribution in [0.5, 0.6) is 0 Å². The number of fused-ring (bicyclic) bond motifs is 1. The molecule has 3 rings (SSSR count). The van der Waals surface area contributed by atoms with Crippen LogP contribution in [0.3, 0.4) is 0 Å². The number of nitrogens with zero attached hydrogens (tertiary/aromatic N) is 2. The Morgan fingerprint density at radius 1 is 1.38 bits per heavy atom. The molecular weight excluding hydrogens is 331 g/mol. The van der Waals surface area contributed by atoms with E-state index in [9.17, 15) is 9.18 Å². The first-order valence-electron chi connectivity index (χ1n) is 7.70. The van der Waals surface area contributed by atoms with E-state index in [2.05, 4.69) is 20.6 Å². The van der Waals surface area contributed by atoms with E-state index in [4.69, 9.17) is 0 Å². The SMILES string of the molecule is CC(C)c1ncncc1C(=O)Nc1ccc2c(c1F)CCNC2.Cl. The van der Waals surface area contributed by atoms with Crippen LogP contribution in [0.1, 0.15) is 46.9 Å². The van der Waals surface area contributed by atoms with Crippen LogP contribution in [0, 0.1) is 5.82 Å². The summed E-state index contributed by atoms with van der Waals surface area (Å²) in [5, 5.41) is 5.86. The molecule has 0 saturated carbocycles. The number of hydrogen-bond donors (Lipinski definition) is 2. The van der Waals surface area contributed by atoms with Crippen molar-refractivity contribution < 1.29 is 9.18 Å². The summed E-state index contributed by atoms with van der Waals surface area (Å²) >= 11 is 0. The van der Waals surface area contributed by atoms with E-state index in [0.29, 0.717) is 29.8 Å². The van der Waals surface area contributed by atoms with E-state index in [0.717, 1.165) is 12.1 Å². The molecule has 1 aromatic heterocycles. The maximum absolute atomic E-state index is 14.6. The maximum Gasteiger partial charge on any atom is 0.259 e. The summed E-state index contributed by atoms with van der Waals surface area (Å²) in [5.41, 5.74) is 2.85. The topological polar surface area (TPSA) is 66.9 Å². The first-order chi connectivity index (χ1) is 11.1. The molecule has 0 bridgehead atoms. The molecule has 0 fully saturated rings. The lowest BCUT2D eigenvalue weighted by Gasteiger charge is -2.19. The molecule has 0 aliphatic carbocycles. The molecule has 2 aromatic rings. The average molecular weight is 351 g/mol. The summed E-state index contributed by atoms with van der Waals surface area (Å²) in [6.07, 6.45) is 3.51. The highest BCUT2D eigenvalue weighted by Crippen LogP contribution is 2.25. The molecule has 2 heterocycles. The van der Waals surface area contributed by atoms with Crippen LogP contribution in [0.25, 0.3) is 0 Å². The second-order valence-corrected chi connectivity index (χ2v) is 5.92. The van der Waals surface area contributed by atoms with Crippen LogP contribution < -0.4 is 10.6 Å². The number of halogens is 2. The van der Waals surface area contributed by atoms with Crippen LogP contribution in [-0.2, 0) is 13.0 Å². The van der Waals surface area contributed by atoms with Crippen LogP contribution in [0.4, 0.5) is 10.1 Å². The lowest BCUT2D eigenvalue weighted by molar-refractivity contribution is 0.102. The van der Waals surface area contributed by atoms with Crippen molar-refractivity contribution >= 4 is 24.0 Å². The van der Waals surface area contributed by atoms with Gasteiger partial charge in [0.05, 0.1) is 16.9 Å². The Labute approximate surface area is 146 Å². The van der Waals surface area contributed by atoms with Gasteiger partial charge in [-0.25, -0.2) is 14.4 Å². The first kappa shape index (κ1) is 18.3. The molecule has 7 heteroatoms. The highest BCUT2D eigenvalue weighted by atomic mass is 35.5. The second-order valence-electron chi connectivity index (χ2n) is 5.92. The Kier molecular flexibility index (Phi) is 5.85. The van der Waals surface area contributed by atoms with Gasteiger partial charge in [0.2, 0.25) is 0 Å². The Bertz CT molecular complexity index is 751. The summed E-state index contributed by atoms with van der Waals surface area (Å²) in [7, 11) is 0. The van der Waals surface area contributed by atoms with Gasteiger partial charge in [0.25, 0.3) is 5.91 Å². The average Bonchev–Trinajstić information content (AvgIpc) is 2.57. The largest absolute Gasteiger partial charge is 0.319 e. The predicted octanol–water partition coefficient (Wildman–Crippen LogP) is 3.06.